The summed E-state index contributed by atoms with van der Waals surface area (Å²) in [4.78, 5) is 19.8. The van der Waals surface area contributed by atoms with Crippen molar-refractivity contribution < 1.29 is 14.4 Å². The number of fused-ring (bicyclic) bond motifs is 2. The first-order valence-corrected chi connectivity index (χ1v) is 9.67. The van der Waals surface area contributed by atoms with E-state index >= 15 is 0 Å². The third kappa shape index (κ3) is 2.80. The zero-order valence-corrected chi connectivity index (χ0v) is 15.8. The third-order valence-corrected chi connectivity index (χ3v) is 6.17. The van der Waals surface area contributed by atoms with E-state index in [9.17, 15) is 9.90 Å². The van der Waals surface area contributed by atoms with Crippen molar-refractivity contribution in [3.05, 3.63) is 23.0 Å². The highest BCUT2D eigenvalue weighted by atomic mass is 16.5. The number of aryl methyl sites for hydroxylation is 1. The van der Waals surface area contributed by atoms with Crippen LogP contribution in [0.15, 0.2) is 10.6 Å². The Labute approximate surface area is 153 Å². The van der Waals surface area contributed by atoms with Crippen molar-refractivity contribution >= 4 is 17.0 Å². The number of carbonyl (C=O) groups is 1. The summed E-state index contributed by atoms with van der Waals surface area (Å²) in [6.07, 6.45) is 4.74. The van der Waals surface area contributed by atoms with E-state index in [1.807, 2.05) is 17.9 Å². The molecule has 2 aliphatic rings. The van der Waals surface area contributed by atoms with Crippen molar-refractivity contribution in [3.63, 3.8) is 0 Å². The van der Waals surface area contributed by atoms with Crippen LogP contribution in [0.3, 0.4) is 0 Å². The Morgan fingerprint density at radius 1 is 1.38 bits per heavy atom. The Hall–Kier alpha value is -1.95. The van der Waals surface area contributed by atoms with Crippen LogP contribution in [0, 0.1) is 12.8 Å². The number of nitrogens with zero attached hydrogens (tertiary/aromatic N) is 3. The van der Waals surface area contributed by atoms with Crippen molar-refractivity contribution in [1.29, 1.82) is 0 Å². The fourth-order valence-electron chi connectivity index (χ4n) is 4.50. The molecular weight excluding hydrogens is 330 g/mol. The lowest BCUT2D eigenvalue weighted by Gasteiger charge is -2.47. The van der Waals surface area contributed by atoms with Crippen LogP contribution in [0.1, 0.15) is 73.6 Å². The maximum absolute atomic E-state index is 13.4. The molecule has 0 spiro atoms. The highest BCUT2D eigenvalue weighted by Crippen LogP contribution is 2.40. The molecule has 2 fully saturated rings. The summed E-state index contributed by atoms with van der Waals surface area (Å²) in [5, 5.41) is 15.6. The van der Waals surface area contributed by atoms with Gasteiger partial charge in [-0.2, -0.15) is 0 Å². The molecule has 6 heteroatoms. The van der Waals surface area contributed by atoms with Crippen LogP contribution in [0.25, 0.3) is 11.1 Å². The van der Waals surface area contributed by atoms with E-state index in [4.69, 9.17) is 4.52 Å². The Morgan fingerprint density at radius 2 is 2.19 bits per heavy atom. The van der Waals surface area contributed by atoms with Gasteiger partial charge in [-0.25, -0.2) is 4.98 Å². The second-order valence-electron chi connectivity index (χ2n) is 8.24. The quantitative estimate of drug-likeness (QED) is 0.891. The molecule has 3 heterocycles. The number of aliphatic hydroxyl groups is 1. The number of hydrogen-bond donors (Lipinski definition) is 1. The molecule has 2 unspecified atom stereocenters. The standard InChI is InChI=1S/C20H27N3O3/c1-12(2)16-10-15(17-13(3)22-26-18(17)21-16)19(24)23-9-8-20(25)7-5-4-6-14(20)11-23/h10,12,14,25H,4-9,11H2,1-3H3. The Kier molecular flexibility index (Phi) is 4.26. The van der Waals surface area contributed by atoms with E-state index in [0.29, 0.717) is 41.9 Å². The second kappa shape index (κ2) is 6.34. The molecule has 2 aromatic rings. The average molecular weight is 357 g/mol. The van der Waals surface area contributed by atoms with E-state index in [-0.39, 0.29) is 17.7 Å². The first-order valence-electron chi connectivity index (χ1n) is 9.67. The van der Waals surface area contributed by atoms with Gasteiger partial charge in [-0.15, -0.1) is 0 Å². The molecule has 1 saturated carbocycles. The van der Waals surface area contributed by atoms with Crippen molar-refractivity contribution in [1.82, 2.24) is 15.0 Å². The summed E-state index contributed by atoms with van der Waals surface area (Å²) in [5.74, 6) is 0.374. The van der Waals surface area contributed by atoms with E-state index in [2.05, 4.69) is 24.0 Å². The summed E-state index contributed by atoms with van der Waals surface area (Å²) < 4.78 is 5.35. The molecule has 0 aromatic carbocycles. The van der Waals surface area contributed by atoms with Gasteiger partial charge < -0.3 is 14.5 Å². The third-order valence-electron chi connectivity index (χ3n) is 6.17. The van der Waals surface area contributed by atoms with E-state index in [1.165, 1.54) is 0 Å². The van der Waals surface area contributed by atoms with Crippen molar-refractivity contribution in [2.24, 2.45) is 5.92 Å². The zero-order valence-electron chi connectivity index (χ0n) is 15.8. The van der Waals surface area contributed by atoms with Crippen LogP contribution < -0.4 is 0 Å². The van der Waals surface area contributed by atoms with Crippen molar-refractivity contribution in [2.45, 2.75) is 64.4 Å². The largest absolute Gasteiger partial charge is 0.389 e. The van der Waals surface area contributed by atoms with Crippen LogP contribution in [-0.4, -0.2) is 44.7 Å². The Bertz CT molecular complexity index is 844. The second-order valence-corrected chi connectivity index (χ2v) is 8.24. The molecule has 6 nitrogen and oxygen atoms in total. The summed E-state index contributed by atoms with van der Waals surface area (Å²) in [6.45, 7) is 7.16. The first-order chi connectivity index (χ1) is 12.4. The molecule has 1 saturated heterocycles. The molecular formula is C20H27N3O3. The molecule has 2 atom stereocenters. The van der Waals surface area contributed by atoms with Crippen LogP contribution in [0.2, 0.25) is 0 Å². The fraction of sp³-hybridized carbons (Fsp3) is 0.650. The lowest BCUT2D eigenvalue weighted by Crippen LogP contribution is -2.54. The van der Waals surface area contributed by atoms with Crippen LogP contribution in [-0.2, 0) is 0 Å². The number of amides is 1. The van der Waals surface area contributed by atoms with E-state index in [0.717, 1.165) is 31.4 Å². The van der Waals surface area contributed by atoms with Gasteiger partial charge in [0.05, 0.1) is 22.2 Å². The minimum absolute atomic E-state index is 0.00164. The van der Waals surface area contributed by atoms with Gasteiger partial charge in [-0.05, 0) is 38.2 Å². The zero-order chi connectivity index (χ0) is 18.5. The van der Waals surface area contributed by atoms with Gasteiger partial charge in [0, 0.05) is 24.7 Å². The molecule has 140 valence electrons. The van der Waals surface area contributed by atoms with Crippen molar-refractivity contribution in [2.75, 3.05) is 13.1 Å². The number of piperidine rings is 1. The predicted molar refractivity (Wildman–Crippen MR) is 98.1 cm³/mol. The molecule has 1 aliphatic carbocycles. The molecule has 1 N–H and O–H groups in total. The van der Waals surface area contributed by atoms with Crippen molar-refractivity contribution in [3.8, 4) is 0 Å². The highest BCUT2D eigenvalue weighted by Gasteiger charge is 2.44. The molecule has 1 aliphatic heterocycles. The monoisotopic (exact) mass is 357 g/mol. The van der Waals surface area contributed by atoms with E-state index < -0.39 is 5.60 Å². The molecule has 2 aromatic heterocycles. The van der Waals surface area contributed by atoms with E-state index in [1.54, 1.807) is 0 Å². The normalized spacial score (nSPS) is 26.3. The van der Waals surface area contributed by atoms with Crippen LogP contribution >= 0.6 is 0 Å². The summed E-state index contributed by atoms with van der Waals surface area (Å²) in [7, 11) is 0. The topological polar surface area (TPSA) is 79.5 Å². The smallest absolute Gasteiger partial charge is 0.259 e. The predicted octanol–water partition coefficient (Wildman–Crippen LogP) is 3.42. The fourth-order valence-corrected chi connectivity index (χ4v) is 4.50. The minimum Gasteiger partial charge on any atom is -0.389 e. The molecule has 1 amide bonds. The minimum atomic E-state index is -0.585. The average Bonchev–Trinajstić information content (AvgIpc) is 3.00. The number of hydrogen-bond acceptors (Lipinski definition) is 5. The van der Waals surface area contributed by atoms with Gasteiger partial charge in [0.15, 0.2) is 0 Å². The van der Waals surface area contributed by atoms with Gasteiger partial charge in [0.2, 0.25) is 0 Å². The lowest BCUT2D eigenvalue weighted by molar-refractivity contribution is -0.0885. The van der Waals surface area contributed by atoms with Gasteiger partial charge in [-0.3, -0.25) is 4.79 Å². The Morgan fingerprint density at radius 3 is 2.96 bits per heavy atom. The number of likely N-dealkylation sites (tertiary alicyclic amines) is 1. The first kappa shape index (κ1) is 17.5. The van der Waals surface area contributed by atoms with Gasteiger partial charge in [0.25, 0.3) is 11.6 Å². The van der Waals surface area contributed by atoms with Gasteiger partial charge in [-0.1, -0.05) is 31.8 Å². The number of carbonyl (C=O) groups excluding carboxylic acids is 1. The maximum Gasteiger partial charge on any atom is 0.259 e. The number of pyridine rings is 1. The number of aromatic nitrogens is 2. The van der Waals surface area contributed by atoms with Crippen LogP contribution in [0.5, 0.6) is 0 Å². The van der Waals surface area contributed by atoms with Crippen LogP contribution in [0.4, 0.5) is 0 Å². The lowest BCUT2D eigenvalue weighted by atomic mass is 9.71. The van der Waals surface area contributed by atoms with Gasteiger partial charge >= 0.3 is 0 Å². The summed E-state index contributed by atoms with van der Waals surface area (Å²) in [6, 6.07) is 1.89. The number of rotatable bonds is 2. The Balaban J connectivity index is 1.69. The molecule has 0 radical (unpaired) electrons. The SMILES string of the molecule is Cc1noc2nc(C(C)C)cc(C(=O)N3CCC4(O)CCCCC4C3)c12. The summed E-state index contributed by atoms with van der Waals surface area (Å²) >= 11 is 0. The molecule has 0 bridgehead atoms. The van der Waals surface area contributed by atoms with Gasteiger partial charge in [0.1, 0.15) is 0 Å². The summed E-state index contributed by atoms with van der Waals surface area (Å²) in [5.41, 5.74) is 2.00. The maximum atomic E-state index is 13.4. The molecule has 4 rings (SSSR count). The molecule has 26 heavy (non-hydrogen) atoms. The highest BCUT2D eigenvalue weighted by molar-refractivity contribution is 6.06.